The van der Waals surface area contributed by atoms with Gasteiger partial charge in [-0.05, 0) is 56.9 Å². The molecule has 1 atom stereocenters. The van der Waals surface area contributed by atoms with Crippen LogP contribution >= 0.6 is 11.3 Å². The van der Waals surface area contributed by atoms with Gasteiger partial charge in [-0.2, -0.15) is 0 Å². The van der Waals surface area contributed by atoms with E-state index >= 15 is 0 Å². The number of fused-ring (bicyclic) bond motifs is 1. The molecule has 30 heavy (non-hydrogen) atoms. The average Bonchev–Trinajstić information content (AvgIpc) is 3.31. The van der Waals surface area contributed by atoms with Gasteiger partial charge < -0.3 is 15.3 Å². The zero-order valence-corrected chi connectivity index (χ0v) is 18.0. The number of aliphatic carboxylic acids is 1. The van der Waals surface area contributed by atoms with Crippen molar-refractivity contribution >= 4 is 39.2 Å². The monoisotopic (exact) mass is 424 g/mol. The second kappa shape index (κ2) is 8.02. The maximum atomic E-state index is 12.7. The molecule has 3 aromatic rings. The third-order valence-electron chi connectivity index (χ3n) is 5.60. The van der Waals surface area contributed by atoms with Crippen LogP contribution in [0.1, 0.15) is 45.0 Å². The number of amides is 1. The molecule has 2 aromatic heterocycles. The molecule has 7 nitrogen and oxygen atoms in total. The molecule has 0 radical (unpaired) electrons. The lowest BCUT2D eigenvalue weighted by atomic mass is 10.1. The maximum absolute atomic E-state index is 12.7. The third kappa shape index (κ3) is 3.75. The Kier molecular flexibility index (Phi) is 5.42. The smallest absolute Gasteiger partial charge is 0.326 e. The Labute approximate surface area is 178 Å². The van der Waals surface area contributed by atoms with Crippen molar-refractivity contribution in [2.45, 2.75) is 46.2 Å². The summed E-state index contributed by atoms with van der Waals surface area (Å²) < 4.78 is 0. The summed E-state index contributed by atoms with van der Waals surface area (Å²) >= 11 is 1.67. The first-order valence-electron chi connectivity index (χ1n) is 9.96. The number of hydrogen-bond donors (Lipinski definition) is 2. The predicted molar refractivity (Wildman–Crippen MR) is 117 cm³/mol. The number of carboxylic acid groups (broad SMARTS) is 1. The lowest BCUT2D eigenvalue weighted by Crippen LogP contribution is -2.40. The molecule has 156 valence electrons. The van der Waals surface area contributed by atoms with Crippen LogP contribution in [0, 0.1) is 20.8 Å². The third-order valence-corrected chi connectivity index (χ3v) is 6.70. The lowest BCUT2D eigenvalue weighted by Gasteiger charge is -2.21. The molecule has 1 amide bonds. The number of carboxylic acids is 1. The molecular formula is C22H24N4O3S. The van der Waals surface area contributed by atoms with Crippen LogP contribution in [0.15, 0.2) is 24.3 Å². The molecule has 3 heterocycles. The first-order chi connectivity index (χ1) is 14.3. The molecular weight excluding hydrogens is 400 g/mol. The van der Waals surface area contributed by atoms with E-state index in [1.807, 2.05) is 19.1 Å². The van der Waals surface area contributed by atoms with Crippen LogP contribution in [-0.2, 0) is 11.3 Å². The van der Waals surface area contributed by atoms with Gasteiger partial charge in [0.05, 0.1) is 5.39 Å². The standard InChI is InChI=1S/C22H24N4O3S/c1-12-13(2)30-20-18(12)19(24-14(3)25-20)23-11-15-6-8-16(9-7-15)21(27)26-10-4-5-17(26)22(28)29/h6-9,17H,4-5,10-11H2,1-3H3,(H,28,29)(H,23,24,25). The fourth-order valence-electron chi connectivity index (χ4n) is 3.87. The number of benzene rings is 1. The van der Waals surface area contributed by atoms with Gasteiger partial charge in [-0.1, -0.05) is 12.1 Å². The number of rotatable bonds is 5. The predicted octanol–water partition coefficient (Wildman–Crippen LogP) is 3.92. The zero-order valence-electron chi connectivity index (χ0n) is 17.2. The van der Waals surface area contributed by atoms with Crippen molar-refractivity contribution in [1.29, 1.82) is 0 Å². The Bertz CT molecular complexity index is 1120. The van der Waals surface area contributed by atoms with Crippen LogP contribution in [-0.4, -0.2) is 44.4 Å². The average molecular weight is 425 g/mol. The molecule has 1 aromatic carbocycles. The Morgan fingerprint density at radius 3 is 2.63 bits per heavy atom. The number of anilines is 1. The molecule has 1 fully saturated rings. The maximum Gasteiger partial charge on any atom is 0.326 e. The minimum Gasteiger partial charge on any atom is -0.480 e. The second-order valence-corrected chi connectivity index (χ2v) is 8.83. The fourth-order valence-corrected chi connectivity index (χ4v) is 4.94. The molecule has 0 saturated carbocycles. The first kappa shape index (κ1) is 20.3. The summed E-state index contributed by atoms with van der Waals surface area (Å²) in [5.41, 5.74) is 2.71. The summed E-state index contributed by atoms with van der Waals surface area (Å²) in [5.74, 6) is 0.385. The van der Waals surface area contributed by atoms with E-state index in [2.05, 4.69) is 29.1 Å². The zero-order chi connectivity index (χ0) is 21.4. The number of hydrogen-bond acceptors (Lipinski definition) is 6. The highest BCUT2D eigenvalue weighted by molar-refractivity contribution is 7.18. The van der Waals surface area contributed by atoms with E-state index in [1.54, 1.807) is 23.5 Å². The van der Waals surface area contributed by atoms with Crippen molar-refractivity contribution in [2.24, 2.45) is 0 Å². The van der Waals surface area contributed by atoms with Crippen LogP contribution in [0.3, 0.4) is 0 Å². The second-order valence-electron chi connectivity index (χ2n) is 7.63. The van der Waals surface area contributed by atoms with Gasteiger partial charge in [0.2, 0.25) is 0 Å². The highest BCUT2D eigenvalue weighted by Gasteiger charge is 2.34. The SMILES string of the molecule is Cc1nc(NCc2ccc(C(=O)N3CCCC3C(=O)O)cc2)c2c(C)c(C)sc2n1. The largest absolute Gasteiger partial charge is 0.480 e. The topological polar surface area (TPSA) is 95.4 Å². The molecule has 2 N–H and O–H groups in total. The number of nitrogens with one attached hydrogen (secondary N) is 1. The number of aryl methyl sites for hydroxylation is 3. The summed E-state index contributed by atoms with van der Waals surface area (Å²) in [7, 11) is 0. The normalized spacial score (nSPS) is 16.2. The van der Waals surface area contributed by atoms with Crippen molar-refractivity contribution in [3.8, 4) is 0 Å². The number of likely N-dealkylation sites (tertiary alicyclic amines) is 1. The van der Waals surface area contributed by atoms with Crippen molar-refractivity contribution in [1.82, 2.24) is 14.9 Å². The number of carbonyl (C=O) groups excluding carboxylic acids is 1. The van der Waals surface area contributed by atoms with Crippen molar-refractivity contribution in [3.05, 3.63) is 51.7 Å². The first-order valence-corrected chi connectivity index (χ1v) is 10.8. The fraction of sp³-hybridized carbons (Fsp3) is 0.364. The van der Waals surface area contributed by atoms with E-state index in [4.69, 9.17) is 0 Å². The van der Waals surface area contributed by atoms with Gasteiger partial charge in [-0.3, -0.25) is 4.79 Å². The highest BCUT2D eigenvalue weighted by Crippen LogP contribution is 2.33. The van der Waals surface area contributed by atoms with E-state index in [0.29, 0.717) is 25.1 Å². The van der Waals surface area contributed by atoms with Gasteiger partial charge in [-0.15, -0.1) is 11.3 Å². The minimum atomic E-state index is -0.938. The van der Waals surface area contributed by atoms with Gasteiger partial charge in [0, 0.05) is 23.5 Å². The van der Waals surface area contributed by atoms with Crippen LogP contribution in [0.5, 0.6) is 0 Å². The van der Waals surface area contributed by atoms with Crippen molar-refractivity contribution in [2.75, 3.05) is 11.9 Å². The summed E-state index contributed by atoms with van der Waals surface area (Å²) in [4.78, 5) is 36.9. The Balaban J connectivity index is 1.49. The Morgan fingerprint density at radius 2 is 1.93 bits per heavy atom. The van der Waals surface area contributed by atoms with E-state index < -0.39 is 12.0 Å². The van der Waals surface area contributed by atoms with Gasteiger partial charge >= 0.3 is 5.97 Å². The molecule has 1 unspecified atom stereocenters. The van der Waals surface area contributed by atoms with Crippen LogP contribution in [0.2, 0.25) is 0 Å². The van der Waals surface area contributed by atoms with E-state index in [1.165, 1.54) is 15.3 Å². The van der Waals surface area contributed by atoms with E-state index in [9.17, 15) is 14.7 Å². The van der Waals surface area contributed by atoms with Crippen molar-refractivity contribution < 1.29 is 14.7 Å². The molecule has 4 rings (SSSR count). The highest BCUT2D eigenvalue weighted by atomic mass is 32.1. The summed E-state index contributed by atoms with van der Waals surface area (Å²) in [5, 5.41) is 13.8. The van der Waals surface area contributed by atoms with Gasteiger partial charge in [0.15, 0.2) is 0 Å². The van der Waals surface area contributed by atoms with Gasteiger partial charge in [-0.25, -0.2) is 14.8 Å². The van der Waals surface area contributed by atoms with Gasteiger partial charge in [0.1, 0.15) is 22.5 Å². The molecule has 0 spiro atoms. The number of carbonyl (C=O) groups is 2. The van der Waals surface area contributed by atoms with Crippen LogP contribution in [0.4, 0.5) is 5.82 Å². The number of aromatic nitrogens is 2. The number of nitrogens with zero attached hydrogens (tertiary/aromatic N) is 3. The molecule has 0 aliphatic carbocycles. The molecule has 1 aliphatic heterocycles. The summed E-state index contributed by atoms with van der Waals surface area (Å²) in [6.07, 6.45) is 1.23. The molecule has 1 saturated heterocycles. The van der Waals surface area contributed by atoms with Crippen LogP contribution in [0.25, 0.3) is 10.2 Å². The summed E-state index contributed by atoms with van der Waals surface area (Å²) in [6, 6.07) is 6.58. The number of thiophene rings is 1. The van der Waals surface area contributed by atoms with Crippen LogP contribution < -0.4 is 5.32 Å². The van der Waals surface area contributed by atoms with Crippen molar-refractivity contribution in [3.63, 3.8) is 0 Å². The van der Waals surface area contributed by atoms with Gasteiger partial charge in [0.25, 0.3) is 5.91 Å². The van der Waals surface area contributed by atoms with E-state index in [-0.39, 0.29) is 5.91 Å². The summed E-state index contributed by atoms with van der Waals surface area (Å²) in [6.45, 7) is 7.11. The Hall–Kier alpha value is -3.00. The minimum absolute atomic E-state index is 0.225. The lowest BCUT2D eigenvalue weighted by molar-refractivity contribution is -0.141. The Morgan fingerprint density at radius 1 is 1.20 bits per heavy atom. The molecule has 8 heteroatoms. The van der Waals surface area contributed by atoms with E-state index in [0.717, 1.165) is 33.8 Å². The molecule has 0 bridgehead atoms. The molecule has 1 aliphatic rings. The quantitative estimate of drug-likeness (QED) is 0.645.